The van der Waals surface area contributed by atoms with Gasteiger partial charge in [0.25, 0.3) is 0 Å². The quantitative estimate of drug-likeness (QED) is 0.790. The number of ether oxygens (including phenoxy) is 1. The van der Waals surface area contributed by atoms with Crippen LogP contribution >= 0.6 is 0 Å². The zero-order valence-corrected chi connectivity index (χ0v) is 10.4. The molecular formula is C15H22O2. The van der Waals surface area contributed by atoms with E-state index in [9.17, 15) is 0 Å². The van der Waals surface area contributed by atoms with Crippen molar-refractivity contribution in [1.82, 2.24) is 0 Å². The minimum absolute atomic E-state index is 0.200. The maximum Gasteiger partial charge on any atom is 0.122 e. The summed E-state index contributed by atoms with van der Waals surface area (Å²) in [6, 6.07) is 8.38. The Hall–Kier alpha value is -1.02. The number of para-hydroxylation sites is 1. The van der Waals surface area contributed by atoms with Crippen molar-refractivity contribution < 1.29 is 9.84 Å². The van der Waals surface area contributed by atoms with Crippen LogP contribution in [0.3, 0.4) is 0 Å². The molecule has 2 rings (SSSR count). The minimum Gasteiger partial charge on any atom is -0.493 e. The van der Waals surface area contributed by atoms with Gasteiger partial charge in [-0.1, -0.05) is 37.5 Å². The van der Waals surface area contributed by atoms with Crippen molar-refractivity contribution in [1.29, 1.82) is 0 Å². The van der Waals surface area contributed by atoms with Crippen molar-refractivity contribution in [3.8, 4) is 5.75 Å². The van der Waals surface area contributed by atoms with Crippen molar-refractivity contribution in [3.05, 3.63) is 29.8 Å². The molecule has 1 fully saturated rings. The molecule has 0 aromatic heterocycles. The maximum atomic E-state index is 8.78. The first kappa shape index (κ1) is 12.4. The third-order valence-corrected chi connectivity index (χ3v) is 3.52. The normalized spacial score (nSPS) is 17.0. The van der Waals surface area contributed by atoms with Gasteiger partial charge in [-0.25, -0.2) is 0 Å². The fourth-order valence-electron chi connectivity index (χ4n) is 2.61. The zero-order valence-electron chi connectivity index (χ0n) is 10.4. The monoisotopic (exact) mass is 234 g/mol. The second-order valence-electron chi connectivity index (χ2n) is 4.80. The van der Waals surface area contributed by atoms with Crippen LogP contribution in [0.4, 0.5) is 0 Å². The summed E-state index contributed by atoms with van der Waals surface area (Å²) in [6.45, 7) is 0.811. The molecule has 1 aromatic carbocycles. The van der Waals surface area contributed by atoms with Gasteiger partial charge in [0, 0.05) is 13.0 Å². The molecule has 0 aliphatic heterocycles. The first-order chi connectivity index (χ1) is 8.42. The Kier molecular flexibility index (Phi) is 4.87. The van der Waals surface area contributed by atoms with Crippen LogP contribution in [-0.4, -0.2) is 18.3 Å². The van der Waals surface area contributed by atoms with Crippen molar-refractivity contribution in [2.75, 3.05) is 13.2 Å². The Morgan fingerprint density at radius 1 is 1.12 bits per heavy atom. The third-order valence-electron chi connectivity index (χ3n) is 3.52. The van der Waals surface area contributed by atoms with E-state index in [1.807, 2.05) is 6.07 Å². The third kappa shape index (κ3) is 3.47. The molecule has 1 aliphatic carbocycles. The van der Waals surface area contributed by atoms with E-state index in [2.05, 4.69) is 18.2 Å². The van der Waals surface area contributed by atoms with E-state index < -0.39 is 0 Å². The number of aliphatic hydroxyl groups excluding tert-OH is 1. The van der Waals surface area contributed by atoms with Gasteiger partial charge in [0.05, 0.1) is 6.61 Å². The van der Waals surface area contributed by atoms with Crippen molar-refractivity contribution in [2.45, 2.75) is 44.4 Å². The molecule has 2 nitrogen and oxygen atoms in total. The Morgan fingerprint density at radius 3 is 2.65 bits per heavy atom. The van der Waals surface area contributed by atoms with E-state index in [4.69, 9.17) is 9.84 Å². The second-order valence-corrected chi connectivity index (χ2v) is 4.80. The average Bonchev–Trinajstić information content (AvgIpc) is 2.41. The standard InChI is InChI=1S/C15H22O2/c16-11-6-12-17-15-10-5-4-9-14(15)13-7-2-1-3-8-13/h4-5,9-10,13,16H,1-3,6-8,11-12H2. The Balaban J connectivity index is 2.03. The van der Waals surface area contributed by atoms with Crippen LogP contribution in [0.1, 0.15) is 50.0 Å². The van der Waals surface area contributed by atoms with E-state index in [0.717, 1.165) is 5.75 Å². The predicted octanol–water partition coefficient (Wildman–Crippen LogP) is 3.50. The summed E-state index contributed by atoms with van der Waals surface area (Å²) in [5, 5.41) is 8.78. The van der Waals surface area contributed by atoms with Crippen molar-refractivity contribution in [2.24, 2.45) is 0 Å². The topological polar surface area (TPSA) is 29.5 Å². The molecule has 2 heteroatoms. The van der Waals surface area contributed by atoms with Crippen LogP contribution in [0.2, 0.25) is 0 Å². The number of hydrogen-bond acceptors (Lipinski definition) is 2. The highest BCUT2D eigenvalue weighted by Crippen LogP contribution is 2.37. The van der Waals surface area contributed by atoms with Crippen LogP contribution in [0.25, 0.3) is 0 Å². The van der Waals surface area contributed by atoms with Gasteiger partial charge >= 0.3 is 0 Å². The largest absolute Gasteiger partial charge is 0.493 e. The Bertz CT molecular complexity index is 329. The molecule has 1 N–H and O–H groups in total. The molecule has 0 radical (unpaired) electrons. The number of benzene rings is 1. The fraction of sp³-hybridized carbons (Fsp3) is 0.600. The summed E-state index contributed by atoms with van der Waals surface area (Å²) in [5.74, 6) is 1.70. The fourth-order valence-corrected chi connectivity index (χ4v) is 2.61. The highest BCUT2D eigenvalue weighted by Gasteiger charge is 2.18. The zero-order chi connectivity index (χ0) is 11.9. The molecule has 17 heavy (non-hydrogen) atoms. The van der Waals surface area contributed by atoms with E-state index in [-0.39, 0.29) is 6.61 Å². The van der Waals surface area contributed by atoms with Gasteiger partial charge in [-0.05, 0) is 30.4 Å². The Labute approximate surface area is 104 Å². The van der Waals surface area contributed by atoms with Crippen LogP contribution < -0.4 is 4.74 Å². The molecule has 0 heterocycles. The van der Waals surface area contributed by atoms with Gasteiger partial charge in [0.2, 0.25) is 0 Å². The van der Waals surface area contributed by atoms with Crippen molar-refractivity contribution >= 4 is 0 Å². The molecule has 1 aromatic rings. The SMILES string of the molecule is OCCCOc1ccccc1C1CCCCC1. The molecule has 94 valence electrons. The van der Waals surface area contributed by atoms with Gasteiger partial charge in [-0.3, -0.25) is 0 Å². The summed E-state index contributed by atoms with van der Waals surface area (Å²) in [5.41, 5.74) is 1.37. The average molecular weight is 234 g/mol. The van der Waals surface area contributed by atoms with Crippen LogP contribution in [0, 0.1) is 0 Å². The molecule has 0 unspecified atom stereocenters. The lowest BCUT2D eigenvalue weighted by molar-refractivity contribution is 0.231. The highest BCUT2D eigenvalue weighted by atomic mass is 16.5. The van der Waals surface area contributed by atoms with E-state index in [1.165, 1.54) is 37.7 Å². The summed E-state index contributed by atoms with van der Waals surface area (Å²) in [4.78, 5) is 0. The molecule has 0 spiro atoms. The summed E-state index contributed by atoms with van der Waals surface area (Å²) in [6.07, 6.45) is 7.36. The summed E-state index contributed by atoms with van der Waals surface area (Å²) in [7, 11) is 0. The van der Waals surface area contributed by atoms with Gasteiger partial charge in [0.15, 0.2) is 0 Å². The van der Waals surface area contributed by atoms with Gasteiger partial charge < -0.3 is 9.84 Å². The summed E-state index contributed by atoms with van der Waals surface area (Å²) >= 11 is 0. The summed E-state index contributed by atoms with van der Waals surface area (Å²) < 4.78 is 5.77. The predicted molar refractivity (Wildman–Crippen MR) is 69.5 cm³/mol. The van der Waals surface area contributed by atoms with Crippen LogP contribution in [0.15, 0.2) is 24.3 Å². The molecule has 0 saturated heterocycles. The molecule has 1 saturated carbocycles. The molecule has 0 bridgehead atoms. The van der Waals surface area contributed by atoms with Gasteiger partial charge in [0.1, 0.15) is 5.75 Å². The first-order valence-electron chi connectivity index (χ1n) is 6.74. The van der Waals surface area contributed by atoms with Gasteiger partial charge in [-0.15, -0.1) is 0 Å². The van der Waals surface area contributed by atoms with E-state index in [0.29, 0.717) is 18.9 Å². The van der Waals surface area contributed by atoms with Crippen LogP contribution in [-0.2, 0) is 0 Å². The maximum absolute atomic E-state index is 8.78. The number of rotatable bonds is 5. The lowest BCUT2D eigenvalue weighted by Gasteiger charge is -2.24. The highest BCUT2D eigenvalue weighted by molar-refractivity contribution is 5.36. The minimum atomic E-state index is 0.200. The van der Waals surface area contributed by atoms with Gasteiger partial charge in [-0.2, -0.15) is 0 Å². The Morgan fingerprint density at radius 2 is 1.88 bits per heavy atom. The molecule has 0 amide bonds. The number of hydrogen-bond donors (Lipinski definition) is 1. The van der Waals surface area contributed by atoms with Crippen LogP contribution in [0.5, 0.6) is 5.75 Å². The number of aliphatic hydroxyl groups is 1. The smallest absolute Gasteiger partial charge is 0.122 e. The van der Waals surface area contributed by atoms with E-state index >= 15 is 0 Å². The second kappa shape index (κ2) is 6.65. The lowest BCUT2D eigenvalue weighted by atomic mass is 9.84. The molecular weight excluding hydrogens is 212 g/mol. The van der Waals surface area contributed by atoms with Crippen molar-refractivity contribution in [3.63, 3.8) is 0 Å². The first-order valence-corrected chi connectivity index (χ1v) is 6.74. The lowest BCUT2D eigenvalue weighted by Crippen LogP contribution is -2.08. The molecule has 0 atom stereocenters. The van der Waals surface area contributed by atoms with E-state index in [1.54, 1.807) is 0 Å². The molecule has 1 aliphatic rings.